The smallest absolute Gasteiger partial charge is 0.306 e. The van der Waals surface area contributed by atoms with E-state index in [4.69, 9.17) is 14.2 Å². The van der Waals surface area contributed by atoms with Gasteiger partial charge in [-0.25, -0.2) is 0 Å². The first-order valence-electron chi connectivity index (χ1n) is 26.1. The Labute approximate surface area is 405 Å². The van der Waals surface area contributed by atoms with E-state index in [0.717, 1.165) is 44.9 Å². The number of allylic oxidation sites excluding steroid dienone is 15. The van der Waals surface area contributed by atoms with Gasteiger partial charge in [-0.15, -0.1) is 0 Å². The van der Waals surface area contributed by atoms with Crippen LogP contribution < -0.4 is 5.32 Å². The number of aliphatic hydroxyl groups excluding tert-OH is 5. The van der Waals surface area contributed by atoms with Gasteiger partial charge in [-0.3, -0.25) is 9.59 Å². The second-order valence-corrected chi connectivity index (χ2v) is 17.6. The van der Waals surface area contributed by atoms with E-state index in [1.54, 1.807) is 6.08 Å². The molecule has 1 saturated heterocycles. The van der Waals surface area contributed by atoms with Gasteiger partial charge in [-0.1, -0.05) is 214 Å². The number of hydrogen-bond donors (Lipinski definition) is 6. The van der Waals surface area contributed by atoms with Crippen LogP contribution in [0.5, 0.6) is 0 Å². The number of carbonyl (C=O) groups excluding carboxylic acids is 2. The summed E-state index contributed by atoms with van der Waals surface area (Å²) in [6.07, 6.45) is 46.3. The third kappa shape index (κ3) is 32.9. The fourth-order valence-electron chi connectivity index (χ4n) is 7.44. The lowest BCUT2D eigenvalue weighted by atomic mass is 9.99. The highest BCUT2D eigenvalue weighted by molar-refractivity contribution is 5.80. The van der Waals surface area contributed by atoms with Crippen molar-refractivity contribution < 1.29 is 49.3 Å². The fourth-order valence-corrected chi connectivity index (χ4v) is 7.44. The molecular weight excluding hydrogens is 847 g/mol. The summed E-state index contributed by atoms with van der Waals surface area (Å²) >= 11 is 0. The highest BCUT2D eigenvalue weighted by Crippen LogP contribution is 2.26. The molecule has 0 saturated carbocycles. The van der Waals surface area contributed by atoms with Gasteiger partial charge in [0.2, 0.25) is 5.91 Å². The molecule has 1 aliphatic rings. The number of hydrogen-bond acceptors (Lipinski definition) is 10. The first-order valence-corrected chi connectivity index (χ1v) is 26.1. The molecule has 67 heavy (non-hydrogen) atoms. The molecule has 1 rings (SSSR count). The summed E-state index contributed by atoms with van der Waals surface area (Å²) in [6.45, 7) is 5.51. The highest BCUT2D eigenvalue weighted by atomic mass is 16.7. The Kier molecular flexibility index (Phi) is 40.3. The summed E-state index contributed by atoms with van der Waals surface area (Å²) in [6, 6.07) is -1.07. The average molecular weight is 940 g/mol. The van der Waals surface area contributed by atoms with Gasteiger partial charge in [-0.05, 0) is 57.8 Å². The summed E-state index contributed by atoms with van der Waals surface area (Å²) in [7, 11) is 0. The van der Waals surface area contributed by atoms with Crippen LogP contribution in [-0.4, -0.2) is 99.6 Å². The maximum atomic E-state index is 13.3. The molecule has 0 spiro atoms. The van der Waals surface area contributed by atoms with Gasteiger partial charge in [0.15, 0.2) is 12.4 Å². The zero-order valence-electron chi connectivity index (χ0n) is 41.7. The van der Waals surface area contributed by atoms with Crippen LogP contribution in [0.2, 0.25) is 0 Å². The maximum Gasteiger partial charge on any atom is 0.306 e. The Balaban J connectivity index is 2.89. The number of esters is 1. The van der Waals surface area contributed by atoms with Gasteiger partial charge in [-0.2, -0.15) is 0 Å². The first kappa shape index (κ1) is 61.6. The van der Waals surface area contributed by atoms with E-state index >= 15 is 0 Å². The molecule has 0 aromatic heterocycles. The van der Waals surface area contributed by atoms with E-state index in [9.17, 15) is 35.1 Å². The van der Waals surface area contributed by atoms with Crippen molar-refractivity contribution >= 4 is 11.9 Å². The van der Waals surface area contributed by atoms with Gasteiger partial charge >= 0.3 is 5.97 Å². The highest BCUT2D eigenvalue weighted by Gasteiger charge is 2.47. The molecule has 8 atom stereocenters. The molecule has 382 valence electrons. The van der Waals surface area contributed by atoms with Crippen molar-refractivity contribution in [3.05, 3.63) is 97.2 Å². The second-order valence-electron chi connectivity index (χ2n) is 17.6. The molecule has 0 aromatic rings. The SMILES string of the molecule is CC/C=C/C=C/C=C\C=C/C=C/CCC(O)C(=O)NC(COC1OC(CO)C(O)C(O)C1OC(=O)CC/C=C/C/C=C\CCCCCCCC)C(O)/C=C/CCCCCCCCCCCCC. The third-order valence-electron chi connectivity index (χ3n) is 11.6. The molecule has 0 aromatic carbocycles. The Morgan fingerprint density at radius 3 is 1.70 bits per heavy atom. The Morgan fingerprint density at radius 1 is 0.612 bits per heavy atom. The first-order chi connectivity index (χ1) is 32.7. The van der Waals surface area contributed by atoms with Crippen molar-refractivity contribution in [2.45, 2.75) is 230 Å². The predicted octanol–water partition coefficient (Wildman–Crippen LogP) is 10.8. The zero-order valence-corrected chi connectivity index (χ0v) is 41.7. The maximum absolute atomic E-state index is 13.3. The summed E-state index contributed by atoms with van der Waals surface area (Å²) in [5, 5.41) is 56.4. The zero-order chi connectivity index (χ0) is 49.0. The summed E-state index contributed by atoms with van der Waals surface area (Å²) < 4.78 is 17.4. The van der Waals surface area contributed by atoms with Crippen LogP contribution in [0.4, 0.5) is 0 Å². The van der Waals surface area contributed by atoms with Crippen LogP contribution in [0.25, 0.3) is 0 Å². The quantitative estimate of drug-likeness (QED) is 0.0150. The summed E-state index contributed by atoms with van der Waals surface area (Å²) in [5.41, 5.74) is 0. The van der Waals surface area contributed by atoms with Crippen molar-refractivity contribution in [2.75, 3.05) is 13.2 Å². The van der Waals surface area contributed by atoms with E-state index in [1.165, 1.54) is 89.9 Å². The number of rotatable bonds is 41. The molecule has 8 unspecified atom stereocenters. The molecule has 1 amide bonds. The molecule has 6 N–H and O–H groups in total. The third-order valence-corrected chi connectivity index (χ3v) is 11.6. The lowest BCUT2D eigenvalue weighted by Gasteiger charge is -2.41. The van der Waals surface area contributed by atoms with E-state index < -0.39 is 67.4 Å². The van der Waals surface area contributed by atoms with Crippen LogP contribution in [0.15, 0.2) is 97.2 Å². The Morgan fingerprint density at radius 2 is 1.13 bits per heavy atom. The van der Waals surface area contributed by atoms with Crippen molar-refractivity contribution in [2.24, 2.45) is 0 Å². The number of unbranched alkanes of at least 4 members (excludes halogenated alkanes) is 17. The molecule has 1 heterocycles. The minimum Gasteiger partial charge on any atom is -0.454 e. The molecule has 1 aliphatic heterocycles. The molecule has 11 heteroatoms. The Hall–Kier alpha value is -3.42. The van der Waals surface area contributed by atoms with E-state index in [2.05, 4.69) is 44.3 Å². The Bertz CT molecular complexity index is 1450. The molecule has 11 nitrogen and oxygen atoms in total. The lowest BCUT2D eigenvalue weighted by molar-refractivity contribution is -0.305. The van der Waals surface area contributed by atoms with Crippen molar-refractivity contribution in [3.63, 3.8) is 0 Å². The van der Waals surface area contributed by atoms with Gasteiger partial charge in [0.05, 0.1) is 25.4 Å². The lowest BCUT2D eigenvalue weighted by Crippen LogP contribution is -2.61. The summed E-state index contributed by atoms with van der Waals surface area (Å²) in [5.74, 6) is -1.36. The van der Waals surface area contributed by atoms with E-state index in [-0.39, 0.29) is 19.4 Å². The van der Waals surface area contributed by atoms with Crippen LogP contribution in [-0.2, 0) is 23.8 Å². The largest absolute Gasteiger partial charge is 0.454 e. The molecule has 0 bridgehead atoms. The fraction of sp³-hybridized carbons (Fsp3) is 0.679. The summed E-state index contributed by atoms with van der Waals surface area (Å²) in [4.78, 5) is 26.3. The number of amides is 1. The minimum atomic E-state index is -1.65. The standard InChI is InChI=1S/C56H93NO10/c1-4-7-10-13-16-19-22-25-28-30-33-36-39-42-48(59)47(57-55(64)49(60)43-40-37-34-31-27-24-21-18-15-12-9-6-3)46-65-56-54(53(63)52(62)50(45-58)66-56)67-51(61)44-41-38-35-32-29-26-23-20-17-14-11-8-5-2/h9,12,15,18,21,24,26-27,29,31,34-35,37-39,42,47-50,52-54,56,58-60,62-63H,4-8,10-11,13-14,16-17,19-20,22-23,25,28,30,32-33,36,40-41,43-46H2,1-3H3,(H,57,64)/b12-9+,18-15+,24-21-,29-26-,31-27-,37-34+,38-35+,42-39+. The van der Waals surface area contributed by atoms with Gasteiger partial charge in [0, 0.05) is 6.42 Å². The number of nitrogens with one attached hydrogen (secondary N) is 1. The van der Waals surface area contributed by atoms with Crippen LogP contribution in [0.1, 0.15) is 181 Å². The molecule has 0 radical (unpaired) electrons. The van der Waals surface area contributed by atoms with Crippen LogP contribution >= 0.6 is 0 Å². The topological polar surface area (TPSA) is 175 Å². The van der Waals surface area contributed by atoms with Crippen molar-refractivity contribution in [3.8, 4) is 0 Å². The van der Waals surface area contributed by atoms with E-state index in [1.807, 2.05) is 72.9 Å². The average Bonchev–Trinajstić information content (AvgIpc) is 3.32. The van der Waals surface area contributed by atoms with Gasteiger partial charge < -0.3 is 45.1 Å². The molecule has 1 fully saturated rings. The monoisotopic (exact) mass is 940 g/mol. The number of ether oxygens (including phenoxy) is 3. The van der Waals surface area contributed by atoms with Crippen LogP contribution in [0.3, 0.4) is 0 Å². The predicted molar refractivity (Wildman–Crippen MR) is 273 cm³/mol. The molecular formula is C56H93NO10. The minimum absolute atomic E-state index is 0.00393. The van der Waals surface area contributed by atoms with E-state index in [0.29, 0.717) is 12.8 Å². The van der Waals surface area contributed by atoms with Gasteiger partial charge in [0.25, 0.3) is 0 Å². The molecule has 0 aliphatic carbocycles. The van der Waals surface area contributed by atoms with Gasteiger partial charge in [0.1, 0.15) is 24.4 Å². The number of carbonyl (C=O) groups is 2. The van der Waals surface area contributed by atoms with Crippen molar-refractivity contribution in [1.29, 1.82) is 0 Å². The number of aliphatic hydroxyl groups is 5. The van der Waals surface area contributed by atoms with Crippen LogP contribution in [0, 0.1) is 0 Å². The van der Waals surface area contributed by atoms with Crippen molar-refractivity contribution in [1.82, 2.24) is 5.32 Å². The normalized spacial score (nSPS) is 20.9. The second kappa shape index (κ2) is 43.8.